The summed E-state index contributed by atoms with van der Waals surface area (Å²) in [6.07, 6.45) is 3.22. The van der Waals surface area contributed by atoms with Gasteiger partial charge < -0.3 is 19.7 Å². The van der Waals surface area contributed by atoms with E-state index in [0.717, 1.165) is 0 Å². The third-order valence-corrected chi connectivity index (χ3v) is 5.81. The van der Waals surface area contributed by atoms with E-state index >= 15 is 0 Å². The molecule has 7 heteroatoms. The van der Waals surface area contributed by atoms with Gasteiger partial charge in [0.05, 0.1) is 29.6 Å². The van der Waals surface area contributed by atoms with Crippen LogP contribution in [-0.2, 0) is 4.74 Å². The molecule has 1 aromatic heterocycles. The Hall–Kier alpha value is -1.99. The second-order valence-electron chi connectivity index (χ2n) is 6.97. The van der Waals surface area contributed by atoms with Crippen molar-refractivity contribution in [1.82, 2.24) is 14.9 Å². The standard InChI is InChI=1S/C18H22FN3O3/c1-2-25-15-9-14(23)18(15)3-5-22(6-4-18)17(24)12-7-11(19)8-13-16(12)21-10-20-13/h7-8,10,14-15,23H,2-6,9H2,1H3,(H,20,21). The average molecular weight is 347 g/mol. The monoisotopic (exact) mass is 347 g/mol. The number of piperidine rings is 1. The van der Waals surface area contributed by atoms with Crippen LogP contribution in [0.3, 0.4) is 0 Å². The number of imidazole rings is 1. The van der Waals surface area contributed by atoms with E-state index in [1.165, 1.54) is 18.5 Å². The summed E-state index contributed by atoms with van der Waals surface area (Å²) in [6.45, 7) is 3.64. The lowest BCUT2D eigenvalue weighted by atomic mass is 9.58. The minimum Gasteiger partial charge on any atom is -0.392 e. The summed E-state index contributed by atoms with van der Waals surface area (Å²) < 4.78 is 19.6. The van der Waals surface area contributed by atoms with Crippen molar-refractivity contribution in [3.05, 3.63) is 29.8 Å². The lowest BCUT2D eigenvalue weighted by Crippen LogP contribution is -2.62. The van der Waals surface area contributed by atoms with Crippen molar-refractivity contribution < 1.29 is 19.0 Å². The number of aliphatic hydroxyl groups excluding tert-OH is 1. The van der Waals surface area contributed by atoms with E-state index in [1.54, 1.807) is 4.90 Å². The number of fused-ring (bicyclic) bond motifs is 1. The SMILES string of the molecule is CCOC1CC(O)C12CCN(C(=O)c1cc(F)cc3[nH]cnc13)CC2. The number of nitrogens with zero attached hydrogens (tertiary/aromatic N) is 2. The average Bonchev–Trinajstić information content (AvgIpc) is 3.08. The number of benzene rings is 1. The number of aromatic amines is 1. The Bertz CT molecular complexity index is 796. The van der Waals surface area contributed by atoms with Gasteiger partial charge in [0, 0.05) is 31.5 Å². The van der Waals surface area contributed by atoms with Crippen molar-refractivity contribution in [3.8, 4) is 0 Å². The number of aromatic nitrogens is 2. The Kier molecular flexibility index (Phi) is 4.00. The Balaban J connectivity index is 1.52. The van der Waals surface area contributed by atoms with E-state index in [-0.39, 0.29) is 29.1 Å². The van der Waals surface area contributed by atoms with Crippen LogP contribution in [0.15, 0.2) is 18.5 Å². The van der Waals surface area contributed by atoms with Crippen LogP contribution in [-0.4, -0.2) is 57.8 Å². The van der Waals surface area contributed by atoms with Crippen molar-refractivity contribution in [3.63, 3.8) is 0 Å². The van der Waals surface area contributed by atoms with Gasteiger partial charge in [0.15, 0.2) is 0 Å². The van der Waals surface area contributed by atoms with E-state index in [2.05, 4.69) is 9.97 Å². The van der Waals surface area contributed by atoms with Gasteiger partial charge in [-0.2, -0.15) is 0 Å². The summed E-state index contributed by atoms with van der Waals surface area (Å²) in [5.41, 5.74) is 1.05. The summed E-state index contributed by atoms with van der Waals surface area (Å²) in [7, 11) is 0. The number of aliphatic hydroxyl groups is 1. The first-order valence-corrected chi connectivity index (χ1v) is 8.76. The molecule has 1 amide bonds. The Morgan fingerprint density at radius 3 is 2.92 bits per heavy atom. The van der Waals surface area contributed by atoms with Gasteiger partial charge in [-0.05, 0) is 31.9 Å². The lowest BCUT2D eigenvalue weighted by Gasteiger charge is -2.56. The van der Waals surface area contributed by atoms with Crippen LogP contribution in [0.4, 0.5) is 4.39 Å². The predicted octanol–water partition coefficient (Wildman–Crippen LogP) is 2.09. The predicted molar refractivity (Wildman–Crippen MR) is 89.7 cm³/mol. The summed E-state index contributed by atoms with van der Waals surface area (Å²) in [4.78, 5) is 21.6. The molecule has 4 rings (SSSR count). The minimum atomic E-state index is -0.459. The van der Waals surface area contributed by atoms with Gasteiger partial charge >= 0.3 is 0 Å². The molecule has 134 valence electrons. The fourth-order valence-corrected chi connectivity index (χ4v) is 4.29. The zero-order chi connectivity index (χ0) is 17.6. The number of halogens is 1. The van der Waals surface area contributed by atoms with E-state index in [9.17, 15) is 14.3 Å². The molecule has 2 atom stereocenters. The quantitative estimate of drug-likeness (QED) is 0.891. The van der Waals surface area contributed by atoms with E-state index in [1.807, 2.05) is 6.92 Å². The molecule has 0 radical (unpaired) electrons. The summed E-state index contributed by atoms with van der Waals surface area (Å²) in [5.74, 6) is -0.673. The fraction of sp³-hybridized carbons (Fsp3) is 0.556. The van der Waals surface area contributed by atoms with Gasteiger partial charge in [-0.25, -0.2) is 9.37 Å². The molecular formula is C18H22FN3O3. The molecule has 0 bridgehead atoms. The van der Waals surface area contributed by atoms with Crippen LogP contribution in [0.2, 0.25) is 0 Å². The summed E-state index contributed by atoms with van der Waals surface area (Å²) in [5, 5.41) is 10.3. The number of hydrogen-bond acceptors (Lipinski definition) is 4. The molecule has 2 aromatic rings. The first kappa shape index (κ1) is 16.5. The molecular weight excluding hydrogens is 325 g/mol. The maximum Gasteiger partial charge on any atom is 0.256 e. The van der Waals surface area contributed by atoms with Gasteiger partial charge in [0.25, 0.3) is 5.91 Å². The molecule has 1 spiro atoms. The van der Waals surface area contributed by atoms with Crippen molar-refractivity contribution in [2.45, 2.75) is 38.4 Å². The molecule has 2 N–H and O–H groups in total. The highest BCUT2D eigenvalue weighted by molar-refractivity contribution is 6.04. The van der Waals surface area contributed by atoms with Gasteiger partial charge in [0.1, 0.15) is 11.3 Å². The highest BCUT2D eigenvalue weighted by atomic mass is 19.1. The summed E-state index contributed by atoms with van der Waals surface area (Å²) in [6, 6.07) is 2.58. The third kappa shape index (κ3) is 2.53. The highest BCUT2D eigenvalue weighted by Crippen LogP contribution is 2.51. The molecule has 1 aromatic carbocycles. The van der Waals surface area contributed by atoms with E-state index in [4.69, 9.17) is 4.74 Å². The largest absolute Gasteiger partial charge is 0.392 e. The molecule has 1 aliphatic heterocycles. The smallest absolute Gasteiger partial charge is 0.256 e. The van der Waals surface area contributed by atoms with Gasteiger partial charge in [-0.15, -0.1) is 0 Å². The van der Waals surface area contributed by atoms with E-state index < -0.39 is 5.82 Å². The van der Waals surface area contributed by atoms with Gasteiger partial charge in [-0.1, -0.05) is 0 Å². The van der Waals surface area contributed by atoms with Crippen molar-refractivity contribution in [2.75, 3.05) is 19.7 Å². The number of carbonyl (C=O) groups excluding carboxylic acids is 1. The number of carbonyl (C=O) groups is 1. The minimum absolute atomic E-state index is 0.0666. The third-order valence-electron chi connectivity index (χ3n) is 5.81. The number of amides is 1. The molecule has 2 fully saturated rings. The zero-order valence-electron chi connectivity index (χ0n) is 14.2. The maximum atomic E-state index is 13.8. The Morgan fingerprint density at radius 1 is 1.48 bits per heavy atom. The Labute approximate surface area is 145 Å². The molecule has 25 heavy (non-hydrogen) atoms. The molecule has 1 saturated heterocycles. The normalized spacial score (nSPS) is 25.3. The van der Waals surface area contributed by atoms with Crippen molar-refractivity contribution in [2.24, 2.45) is 5.41 Å². The van der Waals surface area contributed by atoms with Crippen LogP contribution in [0.25, 0.3) is 11.0 Å². The molecule has 1 aliphatic carbocycles. The second kappa shape index (κ2) is 6.07. The summed E-state index contributed by atoms with van der Waals surface area (Å²) >= 11 is 0. The van der Waals surface area contributed by atoms with Crippen LogP contribution in [0, 0.1) is 11.2 Å². The lowest BCUT2D eigenvalue weighted by molar-refractivity contribution is -0.207. The van der Waals surface area contributed by atoms with Crippen LogP contribution < -0.4 is 0 Å². The number of H-pyrrole nitrogens is 1. The fourth-order valence-electron chi connectivity index (χ4n) is 4.29. The van der Waals surface area contributed by atoms with Crippen LogP contribution >= 0.6 is 0 Å². The van der Waals surface area contributed by atoms with Crippen LogP contribution in [0.5, 0.6) is 0 Å². The molecule has 2 aliphatic rings. The molecule has 2 unspecified atom stereocenters. The maximum absolute atomic E-state index is 13.8. The molecule has 2 heterocycles. The zero-order valence-corrected chi connectivity index (χ0v) is 14.2. The first-order valence-electron chi connectivity index (χ1n) is 8.76. The van der Waals surface area contributed by atoms with Gasteiger partial charge in [0.2, 0.25) is 0 Å². The molecule has 6 nitrogen and oxygen atoms in total. The molecule has 1 saturated carbocycles. The van der Waals surface area contributed by atoms with Crippen LogP contribution in [0.1, 0.15) is 36.5 Å². The van der Waals surface area contributed by atoms with Gasteiger partial charge in [-0.3, -0.25) is 4.79 Å². The Morgan fingerprint density at radius 2 is 2.24 bits per heavy atom. The number of hydrogen-bond donors (Lipinski definition) is 2. The van der Waals surface area contributed by atoms with Crippen molar-refractivity contribution in [1.29, 1.82) is 0 Å². The highest BCUT2D eigenvalue weighted by Gasteiger charge is 2.56. The number of ether oxygens (including phenoxy) is 1. The second-order valence-corrected chi connectivity index (χ2v) is 6.97. The topological polar surface area (TPSA) is 78.5 Å². The van der Waals surface area contributed by atoms with E-state index in [0.29, 0.717) is 50.0 Å². The number of nitrogens with one attached hydrogen (secondary N) is 1. The first-order chi connectivity index (χ1) is 12.0. The number of rotatable bonds is 3. The number of likely N-dealkylation sites (tertiary alicyclic amines) is 1. The van der Waals surface area contributed by atoms with Crippen molar-refractivity contribution >= 4 is 16.9 Å².